The summed E-state index contributed by atoms with van der Waals surface area (Å²) in [4.78, 5) is 45.3. The van der Waals surface area contributed by atoms with Gasteiger partial charge in [0.05, 0.1) is 0 Å². The minimum atomic E-state index is -3.81. The van der Waals surface area contributed by atoms with E-state index in [-0.39, 0.29) is 17.1 Å². The van der Waals surface area contributed by atoms with Crippen LogP contribution in [0.3, 0.4) is 0 Å². The van der Waals surface area contributed by atoms with Gasteiger partial charge in [-0.25, -0.2) is 0 Å². The fourth-order valence-electron chi connectivity index (χ4n) is 0. The molecule has 0 aliphatic carbocycles. The van der Waals surface area contributed by atoms with Gasteiger partial charge < -0.3 is 29.4 Å². The number of hydrogen-bond acceptors (Lipinski definition) is 2. The summed E-state index contributed by atoms with van der Waals surface area (Å²) in [5, 5.41) is 0. The van der Waals surface area contributed by atoms with Crippen LogP contribution in [0.2, 0.25) is 0 Å². The summed E-state index contributed by atoms with van der Waals surface area (Å²) in [7, 11) is 0. The van der Waals surface area contributed by atoms with Crippen molar-refractivity contribution in [3.63, 3.8) is 0 Å². The van der Waals surface area contributed by atoms with Gasteiger partial charge in [0, 0.05) is 17.1 Å². The van der Waals surface area contributed by atoms with Crippen LogP contribution < -0.4 is 0 Å². The van der Waals surface area contributed by atoms with Crippen molar-refractivity contribution in [3.8, 4) is 0 Å². The maximum absolute atomic E-state index is 7.56. The first kappa shape index (κ1) is 30.0. The summed E-state index contributed by atoms with van der Waals surface area (Å²) in [6, 6.07) is 0. The van der Waals surface area contributed by atoms with Crippen molar-refractivity contribution in [2.45, 2.75) is 27.7 Å². The van der Waals surface area contributed by atoms with Gasteiger partial charge in [0.1, 0.15) is 0 Å². The van der Waals surface area contributed by atoms with Crippen molar-refractivity contribution in [1.82, 2.24) is 0 Å². The molecule has 0 aromatic heterocycles. The molecule has 0 aromatic rings. The third-order valence-electron chi connectivity index (χ3n) is 0. The Morgan fingerprint density at radius 2 is 0.600 bits per heavy atom. The van der Waals surface area contributed by atoms with E-state index < -0.39 is 13.4 Å². The van der Waals surface area contributed by atoms with Crippen LogP contribution in [-0.4, -0.2) is 29.4 Å². The second-order valence-electron chi connectivity index (χ2n) is 1.03. The van der Waals surface area contributed by atoms with E-state index in [1.807, 2.05) is 27.7 Å². The first-order valence-electron chi connectivity index (χ1n) is 3.57. The second kappa shape index (κ2) is 18.0. The molecule has 0 heterocycles. The van der Waals surface area contributed by atoms with Gasteiger partial charge in [0.15, 0.2) is 0 Å². The zero-order valence-electron chi connectivity index (χ0n) is 8.70. The van der Waals surface area contributed by atoms with E-state index in [4.69, 9.17) is 29.4 Å². The Hall–Kier alpha value is 1.58. The number of hydrogen-bond donors (Lipinski definition) is 6. The molecule has 0 rings (SSSR count). The quantitative estimate of drug-likeness (QED) is 0.274. The Bertz CT molecular complexity index is 143. The fourth-order valence-corrected chi connectivity index (χ4v) is 0. The van der Waals surface area contributed by atoms with Crippen molar-refractivity contribution >= 4 is 37.1 Å². The van der Waals surface area contributed by atoms with E-state index in [9.17, 15) is 0 Å². The van der Waals surface area contributed by atoms with E-state index in [0.717, 1.165) is 0 Å². The first-order chi connectivity index (χ1) is 6.00. The average molecular weight is 352 g/mol. The molecule has 0 aliphatic heterocycles. The molecule has 0 amide bonds. The van der Waals surface area contributed by atoms with Crippen LogP contribution in [0.4, 0.5) is 0 Å². The van der Waals surface area contributed by atoms with Crippen LogP contribution in [0.5, 0.6) is 0 Å². The summed E-state index contributed by atoms with van der Waals surface area (Å²) in [5.74, 6) is 0. The van der Waals surface area contributed by atoms with Crippen LogP contribution in [0.25, 0.3) is 0 Å². The van der Waals surface area contributed by atoms with Gasteiger partial charge in [0.25, 0.3) is 0 Å². The minimum absolute atomic E-state index is 0. The predicted octanol–water partition coefficient (Wildman–Crippen LogP) is 0.425. The topological polar surface area (TPSA) is 121 Å². The molecule has 0 bridgehead atoms. The van der Waals surface area contributed by atoms with Crippen LogP contribution in [0.1, 0.15) is 27.7 Å². The predicted molar refractivity (Wildman–Crippen MR) is 64.6 cm³/mol. The molecule has 0 saturated heterocycles. The van der Waals surface area contributed by atoms with E-state index in [2.05, 4.69) is 23.6 Å². The van der Waals surface area contributed by atoms with E-state index >= 15 is 0 Å². The molecule has 0 spiro atoms. The maximum atomic E-state index is 7.56. The zero-order chi connectivity index (χ0) is 13.0. The third kappa shape index (κ3) is 1150. The Kier molecular flexibility index (Phi) is 35.9. The zero-order valence-corrected chi connectivity index (χ0v) is 13.1. The SMILES string of the molecule is CC.CC.OP(O)(O)=S.OP(O)(O)=S.[Cu]. The van der Waals surface area contributed by atoms with E-state index in [1.165, 1.54) is 0 Å². The summed E-state index contributed by atoms with van der Waals surface area (Å²) in [6.07, 6.45) is 0. The minimum Gasteiger partial charge on any atom is -0.325 e. The molecule has 0 fully saturated rings. The van der Waals surface area contributed by atoms with Crippen LogP contribution in [0, 0.1) is 0 Å². The molecule has 0 aromatic carbocycles. The standard InChI is InChI=1S/2C2H6.Cu.2H3O3PS/c2*1-2;;2*1-4(2,3)5/h2*1-2H3;;2*(H3,1,2,3,5). The first-order valence-corrected chi connectivity index (χ1v) is 8.89. The maximum Gasteiger partial charge on any atom is 0.319 e. The molecular weight excluding hydrogens is 334 g/mol. The third-order valence-corrected chi connectivity index (χ3v) is 0. The van der Waals surface area contributed by atoms with Gasteiger partial charge in [-0.05, 0) is 23.6 Å². The molecule has 6 nitrogen and oxygen atoms in total. The Morgan fingerprint density at radius 3 is 0.600 bits per heavy atom. The van der Waals surface area contributed by atoms with Crippen molar-refractivity contribution in [3.05, 3.63) is 0 Å². The van der Waals surface area contributed by atoms with Gasteiger partial charge in [-0.3, -0.25) is 0 Å². The normalized spacial score (nSPS) is 8.67. The van der Waals surface area contributed by atoms with Crippen molar-refractivity contribution < 1.29 is 46.4 Å². The monoisotopic (exact) mass is 351 g/mol. The molecule has 1 radical (unpaired) electrons. The molecule has 15 heavy (non-hydrogen) atoms. The Morgan fingerprint density at radius 1 is 0.600 bits per heavy atom. The van der Waals surface area contributed by atoms with Gasteiger partial charge in [0.2, 0.25) is 0 Å². The van der Waals surface area contributed by atoms with Gasteiger partial charge in [-0.2, -0.15) is 0 Å². The average Bonchev–Trinajstić information content (AvgIpc) is 1.88. The van der Waals surface area contributed by atoms with Crippen LogP contribution >= 0.6 is 13.4 Å². The van der Waals surface area contributed by atoms with E-state index in [0.29, 0.717) is 0 Å². The van der Waals surface area contributed by atoms with E-state index in [1.54, 1.807) is 0 Å². The summed E-state index contributed by atoms with van der Waals surface area (Å²) >= 11 is 7.21. The van der Waals surface area contributed by atoms with Crippen LogP contribution in [-0.2, 0) is 40.7 Å². The molecule has 6 N–H and O–H groups in total. The molecule has 0 unspecified atom stereocenters. The molecule has 11 heteroatoms. The molecular formula is C4H18CuO6P2S2. The summed E-state index contributed by atoms with van der Waals surface area (Å²) in [6.45, 7) is 0.389. The van der Waals surface area contributed by atoms with Crippen molar-refractivity contribution in [2.75, 3.05) is 0 Å². The van der Waals surface area contributed by atoms with Gasteiger partial charge in [-0.15, -0.1) is 0 Å². The summed E-state index contributed by atoms with van der Waals surface area (Å²) in [5.41, 5.74) is 0. The number of rotatable bonds is 0. The van der Waals surface area contributed by atoms with Gasteiger partial charge in [-0.1, -0.05) is 27.7 Å². The molecule has 103 valence electrons. The Labute approximate surface area is 111 Å². The van der Waals surface area contributed by atoms with Crippen LogP contribution in [0.15, 0.2) is 0 Å². The summed E-state index contributed by atoms with van der Waals surface area (Å²) < 4.78 is 0. The fraction of sp³-hybridized carbons (Fsp3) is 1.00. The molecule has 0 aliphatic rings. The largest absolute Gasteiger partial charge is 0.325 e. The second-order valence-corrected chi connectivity index (χ2v) is 6.02. The molecule has 0 atom stereocenters. The van der Waals surface area contributed by atoms with Gasteiger partial charge >= 0.3 is 13.4 Å². The Balaban J connectivity index is -0.0000000318. The molecule has 0 saturated carbocycles. The smallest absolute Gasteiger partial charge is 0.319 e. The van der Waals surface area contributed by atoms with Crippen molar-refractivity contribution in [2.24, 2.45) is 0 Å². The van der Waals surface area contributed by atoms with Crippen molar-refractivity contribution in [1.29, 1.82) is 0 Å².